The molecule has 5 nitrogen and oxygen atoms in total. The van der Waals surface area contributed by atoms with Gasteiger partial charge in [-0.1, -0.05) is 0 Å². The highest BCUT2D eigenvalue weighted by Gasteiger charge is 2.21. The van der Waals surface area contributed by atoms with E-state index in [1.807, 2.05) is 6.92 Å². The molecule has 0 bridgehead atoms. The van der Waals surface area contributed by atoms with Crippen molar-refractivity contribution < 1.29 is 17.9 Å². The topological polar surface area (TPSA) is 64.6 Å². The van der Waals surface area contributed by atoms with E-state index in [4.69, 9.17) is 9.47 Å². The van der Waals surface area contributed by atoms with Crippen LogP contribution in [0.5, 0.6) is 5.75 Å². The van der Waals surface area contributed by atoms with E-state index < -0.39 is 10.0 Å². The summed E-state index contributed by atoms with van der Waals surface area (Å²) in [5.74, 6) is 0.521. The Morgan fingerprint density at radius 1 is 1.50 bits per heavy atom. The highest BCUT2D eigenvalue weighted by atomic mass is 79.9. The Balaban J connectivity index is 2.09. The summed E-state index contributed by atoms with van der Waals surface area (Å²) < 4.78 is 38.5. The maximum absolute atomic E-state index is 12.2. The second-order valence-corrected chi connectivity index (χ2v) is 7.13. The summed E-state index contributed by atoms with van der Waals surface area (Å²) in [6.45, 7) is 3.34. The molecule has 112 valence electrons. The number of hydrogen-bond donors (Lipinski definition) is 1. The fourth-order valence-electron chi connectivity index (χ4n) is 2.01. The molecule has 0 aromatic heterocycles. The Kier molecular flexibility index (Phi) is 5.42. The van der Waals surface area contributed by atoms with Crippen LogP contribution in [-0.4, -0.2) is 34.3 Å². The second kappa shape index (κ2) is 6.89. The van der Waals surface area contributed by atoms with Crippen LogP contribution < -0.4 is 9.46 Å². The van der Waals surface area contributed by atoms with Crippen LogP contribution in [0.1, 0.15) is 19.8 Å². The Morgan fingerprint density at radius 2 is 2.30 bits per heavy atom. The SMILES string of the molecule is CCOc1cc(S(=O)(=O)NCC2CCCO2)ccc1Br. The zero-order valence-corrected chi connectivity index (χ0v) is 13.7. The van der Waals surface area contributed by atoms with Crippen molar-refractivity contribution in [3.63, 3.8) is 0 Å². The maximum atomic E-state index is 12.2. The van der Waals surface area contributed by atoms with Gasteiger partial charge in [0, 0.05) is 19.2 Å². The van der Waals surface area contributed by atoms with Gasteiger partial charge >= 0.3 is 0 Å². The van der Waals surface area contributed by atoms with E-state index in [0.29, 0.717) is 25.5 Å². The number of ether oxygens (including phenoxy) is 2. The summed E-state index contributed by atoms with van der Waals surface area (Å²) in [5, 5.41) is 0. The Morgan fingerprint density at radius 3 is 2.95 bits per heavy atom. The molecule has 1 aromatic carbocycles. The standard InChI is InChI=1S/C13H18BrNO4S/c1-2-18-13-8-11(5-6-12(13)14)20(16,17)15-9-10-4-3-7-19-10/h5-6,8,10,15H,2-4,7,9H2,1H3. The first kappa shape index (κ1) is 15.8. The van der Waals surface area contributed by atoms with E-state index in [1.165, 1.54) is 6.07 Å². The van der Waals surface area contributed by atoms with Gasteiger partial charge < -0.3 is 9.47 Å². The molecule has 1 saturated heterocycles. The lowest BCUT2D eigenvalue weighted by Gasteiger charge is -2.13. The molecule has 7 heteroatoms. The molecule has 0 saturated carbocycles. The van der Waals surface area contributed by atoms with E-state index in [0.717, 1.165) is 17.3 Å². The van der Waals surface area contributed by atoms with Crippen molar-refractivity contribution in [2.45, 2.75) is 30.8 Å². The number of benzene rings is 1. The quantitative estimate of drug-likeness (QED) is 0.841. The first-order valence-corrected chi connectivity index (χ1v) is 8.84. The summed E-state index contributed by atoms with van der Waals surface area (Å²) in [4.78, 5) is 0.196. The summed E-state index contributed by atoms with van der Waals surface area (Å²) in [5.41, 5.74) is 0. The summed E-state index contributed by atoms with van der Waals surface area (Å²) in [6.07, 6.45) is 1.86. The van der Waals surface area contributed by atoms with Gasteiger partial charge in [0.1, 0.15) is 5.75 Å². The summed E-state index contributed by atoms with van der Waals surface area (Å²) in [6, 6.07) is 4.74. The fourth-order valence-corrected chi connectivity index (χ4v) is 3.45. The van der Waals surface area contributed by atoms with Crippen LogP contribution >= 0.6 is 15.9 Å². The lowest BCUT2D eigenvalue weighted by atomic mass is 10.2. The minimum atomic E-state index is -3.54. The smallest absolute Gasteiger partial charge is 0.240 e. The zero-order valence-electron chi connectivity index (χ0n) is 11.3. The third kappa shape index (κ3) is 3.94. The molecule has 0 aliphatic carbocycles. The molecule has 1 N–H and O–H groups in total. The molecule has 0 spiro atoms. The van der Waals surface area contributed by atoms with Crippen molar-refractivity contribution in [2.24, 2.45) is 0 Å². The van der Waals surface area contributed by atoms with Crippen LogP contribution in [0.4, 0.5) is 0 Å². The van der Waals surface area contributed by atoms with Crippen LogP contribution in [-0.2, 0) is 14.8 Å². The van der Waals surface area contributed by atoms with Gasteiger partial charge in [-0.05, 0) is 47.8 Å². The van der Waals surface area contributed by atoms with Crippen molar-refractivity contribution in [2.75, 3.05) is 19.8 Å². The molecule has 1 atom stereocenters. The van der Waals surface area contributed by atoms with Gasteiger partial charge in [-0.15, -0.1) is 0 Å². The lowest BCUT2D eigenvalue weighted by molar-refractivity contribution is 0.114. The Labute approximate surface area is 127 Å². The van der Waals surface area contributed by atoms with E-state index in [1.54, 1.807) is 12.1 Å². The van der Waals surface area contributed by atoms with Gasteiger partial charge in [0.25, 0.3) is 0 Å². The van der Waals surface area contributed by atoms with Gasteiger partial charge in [-0.2, -0.15) is 0 Å². The molecule has 1 aromatic rings. The van der Waals surface area contributed by atoms with E-state index in [2.05, 4.69) is 20.7 Å². The largest absolute Gasteiger partial charge is 0.493 e. The van der Waals surface area contributed by atoms with Crippen LogP contribution in [0.3, 0.4) is 0 Å². The van der Waals surface area contributed by atoms with Crippen LogP contribution in [0.15, 0.2) is 27.6 Å². The van der Waals surface area contributed by atoms with Crippen molar-refractivity contribution in [3.05, 3.63) is 22.7 Å². The third-order valence-corrected chi connectivity index (χ3v) is 5.11. The zero-order chi connectivity index (χ0) is 14.6. The normalized spacial score (nSPS) is 19.2. The number of nitrogens with one attached hydrogen (secondary N) is 1. The lowest BCUT2D eigenvalue weighted by Crippen LogP contribution is -2.31. The van der Waals surface area contributed by atoms with Crippen molar-refractivity contribution in [1.29, 1.82) is 0 Å². The van der Waals surface area contributed by atoms with E-state index in [-0.39, 0.29) is 11.0 Å². The molecule has 0 amide bonds. The molecule has 20 heavy (non-hydrogen) atoms. The fraction of sp³-hybridized carbons (Fsp3) is 0.538. The second-order valence-electron chi connectivity index (χ2n) is 4.51. The predicted molar refractivity (Wildman–Crippen MR) is 79.5 cm³/mol. The molecule has 1 unspecified atom stereocenters. The first-order chi connectivity index (χ1) is 9.53. The predicted octanol–water partition coefficient (Wildman–Crippen LogP) is 2.31. The maximum Gasteiger partial charge on any atom is 0.240 e. The molecule has 0 radical (unpaired) electrons. The molecular formula is C13H18BrNO4S. The average molecular weight is 364 g/mol. The highest BCUT2D eigenvalue weighted by Crippen LogP contribution is 2.28. The van der Waals surface area contributed by atoms with Crippen molar-refractivity contribution in [1.82, 2.24) is 4.72 Å². The molecular weight excluding hydrogens is 346 g/mol. The summed E-state index contributed by atoms with van der Waals surface area (Å²) >= 11 is 3.33. The first-order valence-electron chi connectivity index (χ1n) is 6.56. The van der Waals surface area contributed by atoms with E-state index >= 15 is 0 Å². The Hall–Kier alpha value is -0.630. The highest BCUT2D eigenvalue weighted by molar-refractivity contribution is 9.10. The minimum absolute atomic E-state index is 0.0217. The van der Waals surface area contributed by atoms with E-state index in [9.17, 15) is 8.42 Å². The number of sulfonamides is 1. The molecule has 1 aliphatic heterocycles. The number of hydrogen-bond acceptors (Lipinski definition) is 4. The van der Waals surface area contributed by atoms with Gasteiger partial charge in [-0.25, -0.2) is 13.1 Å². The van der Waals surface area contributed by atoms with Gasteiger partial charge in [0.2, 0.25) is 10.0 Å². The number of rotatable bonds is 6. The number of halogens is 1. The van der Waals surface area contributed by atoms with Gasteiger partial charge in [0.15, 0.2) is 0 Å². The van der Waals surface area contributed by atoms with Crippen molar-refractivity contribution >= 4 is 26.0 Å². The van der Waals surface area contributed by atoms with Crippen molar-refractivity contribution in [3.8, 4) is 5.75 Å². The van der Waals surface area contributed by atoms with Gasteiger partial charge in [-0.3, -0.25) is 0 Å². The minimum Gasteiger partial charge on any atom is -0.493 e. The third-order valence-electron chi connectivity index (χ3n) is 3.04. The van der Waals surface area contributed by atoms with Crippen LogP contribution in [0, 0.1) is 0 Å². The average Bonchev–Trinajstić information content (AvgIpc) is 2.92. The van der Waals surface area contributed by atoms with Crippen LogP contribution in [0.25, 0.3) is 0 Å². The molecule has 2 rings (SSSR count). The molecule has 1 fully saturated rings. The van der Waals surface area contributed by atoms with Gasteiger partial charge in [0.05, 0.1) is 22.1 Å². The molecule has 1 heterocycles. The monoisotopic (exact) mass is 363 g/mol. The summed E-state index contributed by atoms with van der Waals surface area (Å²) in [7, 11) is -3.54. The van der Waals surface area contributed by atoms with Crippen LogP contribution in [0.2, 0.25) is 0 Å². The molecule has 1 aliphatic rings. The Bertz CT molecular complexity index is 555.